The summed E-state index contributed by atoms with van der Waals surface area (Å²) in [6.07, 6.45) is 0. The van der Waals surface area contributed by atoms with Gasteiger partial charge in [-0.1, -0.05) is 255 Å². The van der Waals surface area contributed by atoms with Crippen molar-refractivity contribution in [3.05, 3.63) is 340 Å². The van der Waals surface area contributed by atoms with E-state index in [-0.39, 0.29) is 0 Å². The molecule has 0 atom stereocenters. The van der Waals surface area contributed by atoms with Crippen molar-refractivity contribution in [2.24, 2.45) is 0 Å². The van der Waals surface area contributed by atoms with Gasteiger partial charge in [-0.25, -0.2) is 9.97 Å². The molecule has 0 N–H and O–H groups in total. The number of hydrogen-bond acceptors (Lipinski definition) is 4. The lowest BCUT2D eigenvalue weighted by atomic mass is 9.99. The second kappa shape index (κ2) is 23.1. The van der Waals surface area contributed by atoms with Crippen LogP contribution in [0, 0.1) is 0 Å². The third-order valence-corrected chi connectivity index (χ3v) is 15.7. The topological polar surface area (TPSA) is 32.3 Å². The van der Waals surface area contributed by atoms with Crippen LogP contribution in [0.1, 0.15) is 0 Å². The van der Waals surface area contributed by atoms with E-state index in [0.29, 0.717) is 0 Å². The van der Waals surface area contributed by atoms with Crippen LogP contribution in [0.2, 0.25) is 0 Å². The minimum Gasteiger partial charge on any atom is -0.311 e. The molecule has 14 aromatic rings. The highest BCUT2D eigenvalue weighted by Crippen LogP contribution is 2.42. The number of nitrogens with zero attached hydrogens (tertiary/aromatic N) is 4. The molecule has 0 amide bonds. The fourth-order valence-corrected chi connectivity index (χ4v) is 11.3. The quantitative estimate of drug-likeness (QED) is 0.109. The molecule has 0 aliphatic rings. The third kappa shape index (κ3) is 10.7. The van der Waals surface area contributed by atoms with E-state index in [1.807, 2.05) is 24.3 Å². The number of anilines is 6. The summed E-state index contributed by atoms with van der Waals surface area (Å²) in [5.41, 5.74) is 25.7. The Morgan fingerprint density at radius 1 is 0.143 bits per heavy atom. The maximum absolute atomic E-state index is 5.36. The van der Waals surface area contributed by atoms with Crippen molar-refractivity contribution in [3.8, 4) is 89.3 Å². The molecule has 0 spiro atoms. The van der Waals surface area contributed by atoms with Crippen molar-refractivity contribution in [3.63, 3.8) is 0 Å². The minimum atomic E-state index is 0.815. The molecule has 0 bridgehead atoms. The van der Waals surface area contributed by atoms with Crippen molar-refractivity contribution >= 4 is 45.2 Å². The van der Waals surface area contributed by atoms with Gasteiger partial charge in [-0.15, -0.1) is 0 Å². The molecule has 0 aliphatic heterocycles. The predicted molar refractivity (Wildman–Crippen MR) is 352 cm³/mol. The molecule has 0 saturated carbocycles. The average molecular weight is 1070 g/mol. The third-order valence-electron chi connectivity index (χ3n) is 15.7. The highest BCUT2D eigenvalue weighted by Gasteiger charge is 2.19. The Kier molecular flexibility index (Phi) is 14.0. The second-order valence-corrected chi connectivity index (χ2v) is 21.0. The monoisotopic (exact) mass is 1070 g/mol. The highest BCUT2D eigenvalue weighted by molar-refractivity contribution is 5.89. The van der Waals surface area contributed by atoms with E-state index < -0.39 is 0 Å². The SMILES string of the molecule is c1ccc(-c2ccc(-c3ccc(N(c4ccc(-c5ccccc5)cc4)c4ccc(-c5nc6ccccc6nc5-c5ccc(N(c6ccc(-c7ccccc7)cc6)c6ccc(-c7ccc(-c8ccccc8)cc7)cc6)cc5)cc4)cc3)cc2)cc1. The Labute approximate surface area is 491 Å². The van der Waals surface area contributed by atoms with E-state index in [1.165, 1.54) is 55.6 Å². The lowest BCUT2D eigenvalue weighted by Gasteiger charge is -2.26. The van der Waals surface area contributed by atoms with Gasteiger partial charge in [-0.05, 0) is 152 Å². The lowest BCUT2D eigenvalue weighted by molar-refractivity contribution is 1.26. The fraction of sp³-hybridized carbons (Fsp3) is 0. The Bertz CT molecular complexity index is 4180. The summed E-state index contributed by atoms with van der Waals surface area (Å²) < 4.78 is 0. The molecular weight excluding hydrogens is 1020 g/mol. The number of rotatable bonds is 14. The molecule has 13 aromatic carbocycles. The van der Waals surface area contributed by atoms with Gasteiger partial charge in [0.05, 0.1) is 22.4 Å². The molecule has 0 radical (unpaired) electrons. The predicted octanol–water partition coefficient (Wildman–Crippen LogP) is 21.9. The summed E-state index contributed by atoms with van der Waals surface area (Å²) in [6, 6.07) is 121. The van der Waals surface area contributed by atoms with Crippen molar-refractivity contribution in [2.45, 2.75) is 0 Å². The first-order chi connectivity index (χ1) is 41.6. The zero-order valence-corrected chi connectivity index (χ0v) is 46.1. The van der Waals surface area contributed by atoms with E-state index in [0.717, 1.165) is 78.8 Å². The van der Waals surface area contributed by atoms with Crippen molar-refractivity contribution in [2.75, 3.05) is 9.80 Å². The molecular formula is C80H56N4. The van der Waals surface area contributed by atoms with Crippen LogP contribution in [-0.2, 0) is 0 Å². The maximum Gasteiger partial charge on any atom is 0.0973 e. The van der Waals surface area contributed by atoms with Crippen molar-refractivity contribution < 1.29 is 0 Å². The molecule has 84 heavy (non-hydrogen) atoms. The summed E-state index contributed by atoms with van der Waals surface area (Å²) in [5.74, 6) is 0. The average Bonchev–Trinajstić information content (AvgIpc) is 3.41. The van der Waals surface area contributed by atoms with Crippen LogP contribution in [0.5, 0.6) is 0 Å². The smallest absolute Gasteiger partial charge is 0.0973 e. The van der Waals surface area contributed by atoms with Gasteiger partial charge in [-0.3, -0.25) is 0 Å². The van der Waals surface area contributed by atoms with E-state index in [2.05, 4.69) is 325 Å². The molecule has 0 unspecified atom stereocenters. The summed E-state index contributed by atoms with van der Waals surface area (Å²) in [5, 5.41) is 0. The van der Waals surface area contributed by atoms with Gasteiger partial charge in [0.25, 0.3) is 0 Å². The number of fused-ring (bicyclic) bond motifs is 1. The van der Waals surface area contributed by atoms with E-state index in [1.54, 1.807) is 0 Å². The standard InChI is InChI=1S/C80H56N4/c1-5-15-57(16-6-1)61-25-29-63(30-26-61)67-37-49-73(50-38-67)83(71-45-33-65(34-46-71)59-19-9-3-10-20-59)75-53-41-69(42-54-75)79-80(82-78-24-14-13-23-77(78)81-79)70-43-55-76(56-44-70)84(72-47-35-66(36-48-72)60-21-11-4-12-22-60)74-51-39-68(40-52-74)64-31-27-62(28-32-64)58-17-7-2-8-18-58/h1-56H. The Balaban J connectivity index is 0.797. The first kappa shape index (κ1) is 51.0. The summed E-state index contributed by atoms with van der Waals surface area (Å²) in [7, 11) is 0. The van der Waals surface area contributed by atoms with Gasteiger partial charge in [0.1, 0.15) is 0 Å². The molecule has 396 valence electrons. The molecule has 0 aliphatic carbocycles. The Hall–Kier alpha value is -11.2. The zero-order chi connectivity index (χ0) is 56.0. The molecule has 1 heterocycles. The van der Waals surface area contributed by atoms with Gasteiger partial charge in [0, 0.05) is 45.3 Å². The van der Waals surface area contributed by atoms with Gasteiger partial charge < -0.3 is 9.80 Å². The Morgan fingerprint density at radius 2 is 0.298 bits per heavy atom. The van der Waals surface area contributed by atoms with E-state index in [4.69, 9.17) is 9.97 Å². The van der Waals surface area contributed by atoms with Gasteiger partial charge in [-0.2, -0.15) is 0 Å². The number of benzene rings is 13. The number of para-hydroxylation sites is 2. The van der Waals surface area contributed by atoms with E-state index in [9.17, 15) is 0 Å². The van der Waals surface area contributed by atoms with Crippen molar-refractivity contribution in [1.29, 1.82) is 0 Å². The number of hydrogen-bond donors (Lipinski definition) is 0. The molecule has 0 fully saturated rings. The molecule has 4 heteroatoms. The van der Waals surface area contributed by atoms with Crippen LogP contribution in [0.3, 0.4) is 0 Å². The first-order valence-electron chi connectivity index (χ1n) is 28.5. The van der Waals surface area contributed by atoms with Crippen LogP contribution in [-0.4, -0.2) is 9.97 Å². The molecule has 14 rings (SSSR count). The Morgan fingerprint density at radius 3 is 0.500 bits per heavy atom. The van der Waals surface area contributed by atoms with E-state index >= 15 is 0 Å². The summed E-state index contributed by atoms with van der Waals surface area (Å²) in [6.45, 7) is 0. The molecule has 1 aromatic heterocycles. The first-order valence-corrected chi connectivity index (χ1v) is 28.5. The number of aromatic nitrogens is 2. The highest BCUT2D eigenvalue weighted by atomic mass is 15.1. The van der Waals surface area contributed by atoms with Gasteiger partial charge >= 0.3 is 0 Å². The fourth-order valence-electron chi connectivity index (χ4n) is 11.3. The van der Waals surface area contributed by atoms with Crippen LogP contribution in [0.15, 0.2) is 340 Å². The van der Waals surface area contributed by atoms with Crippen molar-refractivity contribution in [1.82, 2.24) is 9.97 Å². The summed E-state index contributed by atoms with van der Waals surface area (Å²) >= 11 is 0. The van der Waals surface area contributed by atoms with Gasteiger partial charge in [0.15, 0.2) is 0 Å². The normalized spacial score (nSPS) is 11.1. The molecule has 0 saturated heterocycles. The second-order valence-electron chi connectivity index (χ2n) is 21.0. The summed E-state index contributed by atoms with van der Waals surface area (Å²) in [4.78, 5) is 15.4. The minimum absolute atomic E-state index is 0.815. The van der Waals surface area contributed by atoms with Crippen LogP contribution in [0.25, 0.3) is 100 Å². The lowest BCUT2D eigenvalue weighted by Crippen LogP contribution is -2.10. The van der Waals surface area contributed by atoms with Crippen LogP contribution in [0.4, 0.5) is 34.1 Å². The maximum atomic E-state index is 5.36. The largest absolute Gasteiger partial charge is 0.311 e. The van der Waals surface area contributed by atoms with Gasteiger partial charge in [0.2, 0.25) is 0 Å². The van der Waals surface area contributed by atoms with Crippen LogP contribution < -0.4 is 9.80 Å². The molecule has 4 nitrogen and oxygen atoms in total. The van der Waals surface area contributed by atoms with Crippen LogP contribution >= 0.6 is 0 Å². The zero-order valence-electron chi connectivity index (χ0n) is 46.1.